The van der Waals surface area contributed by atoms with Crippen molar-refractivity contribution in [3.63, 3.8) is 0 Å². The molecule has 0 saturated heterocycles. The van der Waals surface area contributed by atoms with Crippen LogP contribution in [-0.2, 0) is 10.1 Å². The standard InChI is InChI=1S/C10H8O4S.Ca.2H/c11-10-8-4-2-1-3-7(8)5-6-9(10)15(12,13)14;;;/h1-6,11H,(H,12,13,14);;;. The molecule has 0 unspecified atom stereocenters. The third-order valence-electron chi connectivity index (χ3n) is 2.14. The SMILES string of the molecule is O=S(=O)(O)c1ccc2ccccc2c1O.[CaH2]. The van der Waals surface area contributed by atoms with E-state index in [0.29, 0.717) is 10.8 Å². The summed E-state index contributed by atoms with van der Waals surface area (Å²) >= 11 is 0. The van der Waals surface area contributed by atoms with E-state index >= 15 is 0 Å². The number of fused-ring (bicyclic) bond motifs is 1. The summed E-state index contributed by atoms with van der Waals surface area (Å²) in [6.07, 6.45) is 0. The molecule has 4 nitrogen and oxygen atoms in total. The summed E-state index contributed by atoms with van der Waals surface area (Å²) in [7, 11) is -4.37. The van der Waals surface area contributed by atoms with Gasteiger partial charge >= 0.3 is 37.7 Å². The van der Waals surface area contributed by atoms with Crippen molar-refractivity contribution in [2.24, 2.45) is 0 Å². The van der Waals surface area contributed by atoms with Crippen LogP contribution in [0.15, 0.2) is 41.3 Å². The molecule has 0 spiro atoms. The van der Waals surface area contributed by atoms with Crippen LogP contribution in [0.2, 0.25) is 0 Å². The average Bonchev–Trinajstić information content (AvgIpc) is 2.16. The number of hydrogen-bond donors (Lipinski definition) is 2. The molecule has 6 heteroatoms. The molecule has 2 aromatic carbocycles. The molecule has 82 valence electrons. The van der Waals surface area contributed by atoms with Crippen LogP contribution < -0.4 is 0 Å². The molecule has 0 aliphatic heterocycles. The predicted octanol–water partition coefficient (Wildman–Crippen LogP) is 0.876. The van der Waals surface area contributed by atoms with Crippen molar-refractivity contribution in [1.29, 1.82) is 0 Å². The van der Waals surface area contributed by atoms with E-state index in [4.69, 9.17) is 4.55 Å². The van der Waals surface area contributed by atoms with Gasteiger partial charge in [-0.3, -0.25) is 4.55 Å². The van der Waals surface area contributed by atoms with Gasteiger partial charge in [0, 0.05) is 5.39 Å². The van der Waals surface area contributed by atoms with E-state index < -0.39 is 20.8 Å². The molecule has 0 radical (unpaired) electrons. The van der Waals surface area contributed by atoms with E-state index in [2.05, 4.69) is 0 Å². The third kappa shape index (κ3) is 2.49. The van der Waals surface area contributed by atoms with Crippen LogP contribution in [0, 0.1) is 0 Å². The minimum atomic E-state index is -4.37. The molecule has 0 aliphatic rings. The quantitative estimate of drug-likeness (QED) is 0.593. The van der Waals surface area contributed by atoms with Gasteiger partial charge < -0.3 is 5.11 Å². The number of phenols is 1. The van der Waals surface area contributed by atoms with Crippen LogP contribution in [0.5, 0.6) is 5.75 Å². The van der Waals surface area contributed by atoms with Gasteiger partial charge in [0.15, 0.2) is 0 Å². The van der Waals surface area contributed by atoms with Gasteiger partial charge in [0.2, 0.25) is 0 Å². The van der Waals surface area contributed by atoms with Crippen LogP contribution in [0.25, 0.3) is 10.8 Å². The van der Waals surface area contributed by atoms with Crippen molar-refractivity contribution in [3.8, 4) is 5.75 Å². The Balaban J connectivity index is 0.00000128. The second kappa shape index (κ2) is 4.89. The molecular formula is C10H10CaO4S. The van der Waals surface area contributed by atoms with Gasteiger partial charge in [0.25, 0.3) is 10.1 Å². The molecule has 0 amide bonds. The summed E-state index contributed by atoms with van der Waals surface area (Å²) in [6, 6.07) is 9.47. The van der Waals surface area contributed by atoms with E-state index in [1.807, 2.05) is 0 Å². The van der Waals surface area contributed by atoms with Crippen molar-refractivity contribution < 1.29 is 18.1 Å². The molecule has 2 rings (SSSR count). The molecule has 0 saturated carbocycles. The molecule has 0 atom stereocenters. The Morgan fingerprint density at radius 1 is 1.00 bits per heavy atom. The van der Waals surface area contributed by atoms with Crippen LogP contribution >= 0.6 is 0 Å². The Kier molecular flexibility index (Phi) is 4.20. The van der Waals surface area contributed by atoms with E-state index in [9.17, 15) is 13.5 Å². The Hall–Kier alpha value is -0.330. The van der Waals surface area contributed by atoms with Crippen molar-refractivity contribution in [2.45, 2.75) is 4.90 Å². The number of hydrogen-bond acceptors (Lipinski definition) is 3. The molecule has 16 heavy (non-hydrogen) atoms. The number of benzene rings is 2. The summed E-state index contributed by atoms with van der Waals surface area (Å²) < 4.78 is 30.6. The monoisotopic (exact) mass is 266 g/mol. The molecule has 0 aliphatic carbocycles. The van der Waals surface area contributed by atoms with Crippen LogP contribution in [-0.4, -0.2) is 55.8 Å². The van der Waals surface area contributed by atoms with E-state index in [0.717, 1.165) is 0 Å². The zero-order chi connectivity index (χ0) is 11.1. The topological polar surface area (TPSA) is 74.6 Å². The summed E-state index contributed by atoms with van der Waals surface area (Å²) in [5.41, 5.74) is 0. The maximum absolute atomic E-state index is 10.9. The second-order valence-corrected chi connectivity index (χ2v) is 4.50. The van der Waals surface area contributed by atoms with Gasteiger partial charge in [-0.05, 0) is 11.5 Å². The Labute approximate surface area is 123 Å². The second-order valence-electron chi connectivity index (χ2n) is 3.11. The molecule has 2 N–H and O–H groups in total. The van der Waals surface area contributed by atoms with Crippen LogP contribution in [0.4, 0.5) is 0 Å². The van der Waals surface area contributed by atoms with Gasteiger partial charge in [-0.1, -0.05) is 30.3 Å². The molecule has 0 heterocycles. The van der Waals surface area contributed by atoms with E-state index in [1.54, 1.807) is 24.3 Å². The molecule has 2 aromatic rings. The van der Waals surface area contributed by atoms with Crippen LogP contribution in [0.3, 0.4) is 0 Å². The number of rotatable bonds is 1. The first-order chi connectivity index (χ1) is 7.00. The van der Waals surface area contributed by atoms with Crippen molar-refractivity contribution >= 4 is 58.6 Å². The molecule has 0 aromatic heterocycles. The summed E-state index contributed by atoms with van der Waals surface area (Å²) in [4.78, 5) is -0.471. The summed E-state index contributed by atoms with van der Waals surface area (Å²) in [5, 5.41) is 10.8. The Morgan fingerprint density at radius 3 is 2.25 bits per heavy atom. The first-order valence-corrected chi connectivity index (χ1v) is 5.62. The average molecular weight is 266 g/mol. The molecule has 0 fully saturated rings. The summed E-state index contributed by atoms with van der Waals surface area (Å²) in [6.45, 7) is 0. The van der Waals surface area contributed by atoms with Gasteiger partial charge in [-0.15, -0.1) is 0 Å². The van der Waals surface area contributed by atoms with Gasteiger partial charge in [-0.25, -0.2) is 0 Å². The number of aromatic hydroxyl groups is 1. The van der Waals surface area contributed by atoms with Crippen LogP contribution in [0.1, 0.15) is 0 Å². The van der Waals surface area contributed by atoms with Crippen molar-refractivity contribution in [3.05, 3.63) is 36.4 Å². The maximum atomic E-state index is 10.9. The third-order valence-corrected chi connectivity index (χ3v) is 3.03. The van der Waals surface area contributed by atoms with E-state index in [-0.39, 0.29) is 37.7 Å². The fraction of sp³-hybridized carbons (Fsp3) is 0. The Bertz CT molecular complexity index is 622. The first kappa shape index (κ1) is 13.7. The van der Waals surface area contributed by atoms with Gasteiger partial charge in [0.1, 0.15) is 10.6 Å². The van der Waals surface area contributed by atoms with Gasteiger partial charge in [0.05, 0.1) is 0 Å². The normalized spacial score (nSPS) is 11.1. The first-order valence-electron chi connectivity index (χ1n) is 4.18. The van der Waals surface area contributed by atoms with Crippen molar-refractivity contribution in [2.75, 3.05) is 0 Å². The Morgan fingerprint density at radius 2 is 1.62 bits per heavy atom. The van der Waals surface area contributed by atoms with Crippen molar-refractivity contribution in [1.82, 2.24) is 0 Å². The molecule has 0 bridgehead atoms. The van der Waals surface area contributed by atoms with E-state index in [1.165, 1.54) is 12.1 Å². The zero-order valence-corrected chi connectivity index (χ0v) is 8.40. The minimum absolute atomic E-state index is 0. The van der Waals surface area contributed by atoms with Gasteiger partial charge in [-0.2, -0.15) is 8.42 Å². The zero-order valence-electron chi connectivity index (χ0n) is 7.58. The summed E-state index contributed by atoms with van der Waals surface area (Å²) in [5.74, 6) is -0.421. The fourth-order valence-electron chi connectivity index (χ4n) is 1.44. The fourth-order valence-corrected chi connectivity index (χ4v) is 2.04. The molecular weight excluding hydrogens is 256 g/mol. The number of phenolic OH excluding ortho intramolecular Hbond substituents is 1. The predicted molar refractivity (Wildman–Crippen MR) is 64.0 cm³/mol.